The van der Waals surface area contributed by atoms with E-state index in [9.17, 15) is 9.59 Å². The zero-order valence-electron chi connectivity index (χ0n) is 22.7. The SMILES string of the molecule is NC(=O)c1c(Cc2cc(-c3csc4c(=O)cc(N5CCOCC5)sc34)cs2)nc(N[C@H]2CCCC[C@H]2N)n2cnnc12. The molecular formula is C28H30N8O3S3. The van der Waals surface area contributed by atoms with Crippen molar-refractivity contribution in [3.63, 3.8) is 0 Å². The van der Waals surface area contributed by atoms with Gasteiger partial charge in [0.25, 0.3) is 5.91 Å². The smallest absolute Gasteiger partial charge is 0.254 e. The van der Waals surface area contributed by atoms with Crippen LogP contribution >= 0.6 is 34.0 Å². The lowest BCUT2D eigenvalue weighted by molar-refractivity contribution is 0.1000. The second-order valence-corrected chi connectivity index (χ2v) is 13.6. The van der Waals surface area contributed by atoms with Gasteiger partial charge < -0.3 is 26.4 Å². The summed E-state index contributed by atoms with van der Waals surface area (Å²) in [6.07, 6.45) is 6.05. The lowest BCUT2D eigenvalue weighted by Crippen LogP contribution is -2.43. The van der Waals surface area contributed by atoms with Crippen LogP contribution in [0.3, 0.4) is 0 Å². The number of anilines is 2. The minimum Gasteiger partial charge on any atom is -0.378 e. The number of nitrogens with two attached hydrogens (primary N) is 2. The molecule has 1 saturated heterocycles. The molecule has 0 radical (unpaired) electrons. The van der Waals surface area contributed by atoms with Gasteiger partial charge in [-0.2, -0.15) is 0 Å². The monoisotopic (exact) mass is 622 g/mol. The third-order valence-electron chi connectivity index (χ3n) is 7.97. The third kappa shape index (κ3) is 5.07. The Morgan fingerprint density at radius 2 is 1.95 bits per heavy atom. The average molecular weight is 623 g/mol. The number of rotatable bonds is 7. The molecule has 7 rings (SSSR count). The number of hydrogen-bond acceptors (Lipinski definition) is 12. The summed E-state index contributed by atoms with van der Waals surface area (Å²) in [4.78, 5) is 33.8. The van der Waals surface area contributed by atoms with Crippen molar-refractivity contribution in [2.75, 3.05) is 36.5 Å². The molecule has 0 spiro atoms. The molecule has 2 fully saturated rings. The molecule has 2 aliphatic rings. The maximum absolute atomic E-state index is 13.0. The standard InChI is InChI=1S/C28H30N8O3S3/c29-18-3-1-2-4-19(18)32-28-33-20(23(26(30)38)27-34-31-14-36(27)28)10-16-9-15(12-40-16)17-13-41-25-21(37)11-22(42-24(17)25)35-5-7-39-8-6-35/h9,11-14,18-19H,1-8,10,29H2,(H2,30,38)(H,32,33)/t18-,19+/m1/s1. The number of morpholine rings is 1. The van der Waals surface area contributed by atoms with Crippen molar-refractivity contribution in [3.05, 3.63) is 55.6 Å². The van der Waals surface area contributed by atoms with E-state index in [2.05, 4.69) is 37.2 Å². The Morgan fingerprint density at radius 3 is 2.76 bits per heavy atom. The van der Waals surface area contributed by atoms with Gasteiger partial charge in [-0.3, -0.25) is 14.0 Å². The van der Waals surface area contributed by atoms with Gasteiger partial charge in [0.15, 0.2) is 11.1 Å². The third-order valence-corrected chi connectivity index (χ3v) is 11.2. The van der Waals surface area contributed by atoms with Gasteiger partial charge in [-0.15, -0.1) is 44.2 Å². The summed E-state index contributed by atoms with van der Waals surface area (Å²) < 4.78 is 8.94. The van der Waals surface area contributed by atoms with Gasteiger partial charge in [0, 0.05) is 53.5 Å². The second-order valence-electron chi connectivity index (χ2n) is 10.7. The van der Waals surface area contributed by atoms with E-state index in [-0.39, 0.29) is 23.1 Å². The van der Waals surface area contributed by atoms with Crippen LogP contribution in [0.5, 0.6) is 0 Å². The number of primary amides is 1. The van der Waals surface area contributed by atoms with Crippen LogP contribution in [0.4, 0.5) is 10.9 Å². The Hall–Kier alpha value is -3.43. The highest BCUT2D eigenvalue weighted by Crippen LogP contribution is 2.40. The van der Waals surface area contributed by atoms with Gasteiger partial charge in [0.05, 0.1) is 33.3 Å². The number of carbonyl (C=O) groups is 1. The van der Waals surface area contributed by atoms with Gasteiger partial charge in [0.2, 0.25) is 5.95 Å². The van der Waals surface area contributed by atoms with Crippen LogP contribution in [-0.4, -0.2) is 63.9 Å². The first kappa shape index (κ1) is 27.4. The number of thiophene rings is 2. The largest absolute Gasteiger partial charge is 0.378 e. The number of nitrogens with one attached hydrogen (secondary N) is 1. The zero-order valence-corrected chi connectivity index (χ0v) is 25.2. The van der Waals surface area contributed by atoms with Gasteiger partial charge in [-0.1, -0.05) is 12.8 Å². The lowest BCUT2D eigenvalue weighted by Gasteiger charge is -2.30. The predicted octanol–water partition coefficient (Wildman–Crippen LogP) is 3.70. The fourth-order valence-corrected chi connectivity index (χ4v) is 9.04. The number of nitrogens with zero attached hydrogens (tertiary/aromatic N) is 5. The van der Waals surface area contributed by atoms with E-state index in [0.717, 1.165) is 69.2 Å². The Balaban J connectivity index is 1.23. The fraction of sp³-hybridized carbons (Fsp3) is 0.393. The van der Waals surface area contributed by atoms with E-state index in [1.807, 2.05) is 0 Å². The highest BCUT2D eigenvalue weighted by atomic mass is 32.1. The molecule has 1 aliphatic heterocycles. The van der Waals surface area contributed by atoms with Crippen LogP contribution in [0.25, 0.3) is 26.2 Å². The van der Waals surface area contributed by atoms with Crippen molar-refractivity contribution in [2.24, 2.45) is 11.5 Å². The molecule has 11 nitrogen and oxygen atoms in total. The molecule has 14 heteroatoms. The molecule has 218 valence electrons. The maximum Gasteiger partial charge on any atom is 0.254 e. The number of fused-ring (bicyclic) bond motifs is 2. The molecule has 5 aromatic rings. The van der Waals surface area contributed by atoms with E-state index in [0.29, 0.717) is 36.9 Å². The normalized spacial score (nSPS) is 19.5. The molecule has 0 bridgehead atoms. The first-order valence-corrected chi connectivity index (χ1v) is 16.5. The summed E-state index contributed by atoms with van der Waals surface area (Å²) in [5.74, 6) is -0.0455. The number of carbonyl (C=O) groups excluding carboxylic acids is 1. The molecule has 1 aliphatic carbocycles. The summed E-state index contributed by atoms with van der Waals surface area (Å²) in [5.41, 5.74) is 15.6. The minimum absolute atomic E-state index is 0.0195. The Kier molecular flexibility index (Phi) is 7.40. The van der Waals surface area contributed by atoms with Crippen LogP contribution in [0.1, 0.15) is 46.6 Å². The highest BCUT2D eigenvalue weighted by Gasteiger charge is 2.26. The van der Waals surface area contributed by atoms with Gasteiger partial charge >= 0.3 is 0 Å². The summed E-state index contributed by atoms with van der Waals surface area (Å²) in [6.45, 7) is 2.88. The predicted molar refractivity (Wildman–Crippen MR) is 168 cm³/mol. The van der Waals surface area contributed by atoms with E-state index >= 15 is 0 Å². The van der Waals surface area contributed by atoms with Crippen molar-refractivity contribution in [2.45, 2.75) is 44.2 Å². The molecule has 1 saturated carbocycles. The van der Waals surface area contributed by atoms with Gasteiger partial charge in [0.1, 0.15) is 11.9 Å². The summed E-state index contributed by atoms with van der Waals surface area (Å²) in [6, 6.07) is 3.95. The van der Waals surface area contributed by atoms with Crippen LogP contribution < -0.4 is 27.1 Å². The molecule has 2 atom stereocenters. The van der Waals surface area contributed by atoms with Crippen molar-refractivity contribution in [1.29, 1.82) is 0 Å². The van der Waals surface area contributed by atoms with Gasteiger partial charge in [-0.25, -0.2) is 4.98 Å². The van der Waals surface area contributed by atoms with Crippen LogP contribution in [0.15, 0.2) is 34.0 Å². The highest BCUT2D eigenvalue weighted by molar-refractivity contribution is 7.28. The summed E-state index contributed by atoms with van der Waals surface area (Å²) >= 11 is 4.72. The first-order chi connectivity index (χ1) is 20.5. The number of amides is 1. The summed E-state index contributed by atoms with van der Waals surface area (Å²) in [7, 11) is 0. The van der Waals surface area contributed by atoms with Crippen LogP contribution in [0.2, 0.25) is 0 Å². The van der Waals surface area contributed by atoms with Crippen LogP contribution in [-0.2, 0) is 11.2 Å². The molecule has 0 unspecified atom stereocenters. The Morgan fingerprint density at radius 1 is 1.12 bits per heavy atom. The number of ether oxygens (including phenoxy) is 1. The van der Waals surface area contributed by atoms with Crippen molar-refractivity contribution in [1.82, 2.24) is 19.6 Å². The topological polar surface area (TPSA) is 154 Å². The quantitative estimate of drug-likeness (QED) is 0.247. The number of hydrogen-bond donors (Lipinski definition) is 3. The Bertz CT molecular complexity index is 1840. The average Bonchev–Trinajstić information content (AvgIpc) is 3.75. The molecule has 42 heavy (non-hydrogen) atoms. The van der Waals surface area contributed by atoms with E-state index in [4.69, 9.17) is 21.2 Å². The van der Waals surface area contributed by atoms with E-state index in [1.54, 1.807) is 33.1 Å². The molecule has 0 aromatic carbocycles. The minimum atomic E-state index is -0.600. The first-order valence-electron chi connectivity index (χ1n) is 14.0. The Labute approximate surface area is 253 Å². The number of aromatic nitrogens is 4. The van der Waals surface area contributed by atoms with Crippen molar-refractivity contribution >= 4 is 65.9 Å². The van der Waals surface area contributed by atoms with Crippen molar-refractivity contribution < 1.29 is 9.53 Å². The lowest BCUT2D eigenvalue weighted by atomic mass is 9.91. The van der Waals surface area contributed by atoms with Crippen molar-refractivity contribution in [3.8, 4) is 11.1 Å². The van der Waals surface area contributed by atoms with Gasteiger partial charge in [-0.05, 0) is 29.9 Å². The molecule has 5 aromatic heterocycles. The van der Waals surface area contributed by atoms with E-state index in [1.165, 1.54) is 17.7 Å². The maximum atomic E-state index is 13.0. The molecule has 1 amide bonds. The second kappa shape index (κ2) is 11.3. The summed E-state index contributed by atoms with van der Waals surface area (Å²) in [5, 5.41) is 16.9. The van der Waals surface area contributed by atoms with E-state index < -0.39 is 5.91 Å². The fourth-order valence-electron chi connectivity index (χ4n) is 5.76. The zero-order chi connectivity index (χ0) is 28.8. The molecular weight excluding hydrogens is 593 g/mol. The van der Waals surface area contributed by atoms with Crippen LogP contribution in [0, 0.1) is 0 Å². The molecule has 6 heterocycles. The molecule has 5 N–H and O–H groups in total.